The van der Waals surface area contributed by atoms with Crippen molar-refractivity contribution < 1.29 is 4.74 Å². The monoisotopic (exact) mass is 136 g/mol. The van der Waals surface area contributed by atoms with Crippen LogP contribution >= 0.6 is 0 Å². The second-order valence-corrected chi connectivity index (χ2v) is 2.23. The summed E-state index contributed by atoms with van der Waals surface area (Å²) in [6.45, 7) is 3.91. The maximum absolute atomic E-state index is 4.98. The lowest BCUT2D eigenvalue weighted by atomic mass is 10.2. The van der Waals surface area contributed by atoms with Crippen molar-refractivity contribution in [1.82, 2.24) is 4.98 Å². The lowest BCUT2D eigenvalue weighted by Crippen LogP contribution is -1.90. The highest BCUT2D eigenvalue weighted by atomic mass is 16.5. The average Bonchev–Trinajstić information content (AvgIpc) is 1.88. The molecule has 2 nitrogen and oxygen atoms in total. The summed E-state index contributed by atoms with van der Waals surface area (Å²) in [5, 5.41) is 0. The number of rotatable bonds is 1. The van der Waals surface area contributed by atoms with Crippen LogP contribution in [0, 0.1) is 20.0 Å². The van der Waals surface area contributed by atoms with E-state index in [2.05, 4.69) is 11.2 Å². The SMILES string of the molecule is COc1[c]nc(C)cc1C. The summed E-state index contributed by atoms with van der Waals surface area (Å²) >= 11 is 0. The van der Waals surface area contributed by atoms with E-state index in [4.69, 9.17) is 4.74 Å². The van der Waals surface area contributed by atoms with Crippen molar-refractivity contribution >= 4 is 0 Å². The van der Waals surface area contributed by atoms with Gasteiger partial charge in [-0.15, -0.1) is 0 Å². The van der Waals surface area contributed by atoms with Crippen LogP contribution < -0.4 is 4.74 Å². The normalized spacial score (nSPS) is 9.50. The summed E-state index contributed by atoms with van der Waals surface area (Å²) in [5.41, 5.74) is 2.05. The van der Waals surface area contributed by atoms with Gasteiger partial charge in [0.1, 0.15) is 11.9 Å². The highest BCUT2D eigenvalue weighted by Crippen LogP contribution is 2.14. The fraction of sp³-hybridized carbons (Fsp3) is 0.375. The van der Waals surface area contributed by atoms with Gasteiger partial charge >= 0.3 is 0 Å². The zero-order chi connectivity index (χ0) is 7.56. The Hall–Kier alpha value is -1.05. The molecular weight excluding hydrogens is 126 g/mol. The molecule has 0 bridgehead atoms. The quantitative estimate of drug-likeness (QED) is 0.583. The van der Waals surface area contributed by atoms with E-state index in [1.807, 2.05) is 19.9 Å². The Morgan fingerprint density at radius 2 is 2.20 bits per heavy atom. The molecule has 0 aromatic carbocycles. The Balaban J connectivity index is 3.07. The largest absolute Gasteiger partial charge is 0.494 e. The Morgan fingerprint density at radius 1 is 1.50 bits per heavy atom. The molecule has 0 fully saturated rings. The number of ether oxygens (including phenoxy) is 1. The van der Waals surface area contributed by atoms with Gasteiger partial charge in [0.05, 0.1) is 7.11 Å². The van der Waals surface area contributed by atoms with E-state index in [0.717, 1.165) is 17.0 Å². The minimum atomic E-state index is 0.727. The number of hydrogen-bond donors (Lipinski definition) is 0. The zero-order valence-corrected chi connectivity index (χ0v) is 6.43. The maximum atomic E-state index is 4.98. The van der Waals surface area contributed by atoms with Gasteiger partial charge < -0.3 is 4.74 Å². The van der Waals surface area contributed by atoms with Gasteiger partial charge in [0.2, 0.25) is 0 Å². The fourth-order valence-corrected chi connectivity index (χ4v) is 0.845. The lowest BCUT2D eigenvalue weighted by molar-refractivity contribution is 0.408. The van der Waals surface area contributed by atoms with Crippen LogP contribution in [0.25, 0.3) is 0 Å². The second-order valence-electron chi connectivity index (χ2n) is 2.23. The predicted molar refractivity (Wildman–Crippen MR) is 39.1 cm³/mol. The Bertz CT molecular complexity index is 233. The molecule has 1 radical (unpaired) electrons. The van der Waals surface area contributed by atoms with Gasteiger partial charge in [-0.1, -0.05) is 0 Å². The van der Waals surface area contributed by atoms with Gasteiger partial charge in [-0.05, 0) is 25.5 Å². The molecule has 0 saturated heterocycles. The number of aromatic nitrogens is 1. The Kier molecular flexibility index (Phi) is 1.90. The first-order valence-electron chi connectivity index (χ1n) is 3.14. The fourth-order valence-electron chi connectivity index (χ4n) is 0.845. The molecular formula is C8H10NO. The molecule has 10 heavy (non-hydrogen) atoms. The molecule has 53 valence electrons. The van der Waals surface area contributed by atoms with Crippen molar-refractivity contribution in [3.8, 4) is 5.75 Å². The number of hydrogen-bond acceptors (Lipinski definition) is 2. The van der Waals surface area contributed by atoms with Crippen LogP contribution in [0.4, 0.5) is 0 Å². The molecule has 0 atom stereocenters. The van der Waals surface area contributed by atoms with Crippen LogP contribution in [-0.4, -0.2) is 12.1 Å². The van der Waals surface area contributed by atoms with Crippen molar-refractivity contribution in [3.05, 3.63) is 23.5 Å². The third kappa shape index (κ3) is 1.26. The van der Waals surface area contributed by atoms with E-state index in [-0.39, 0.29) is 0 Å². The summed E-state index contributed by atoms with van der Waals surface area (Å²) < 4.78 is 4.98. The number of aryl methyl sites for hydroxylation is 2. The van der Waals surface area contributed by atoms with Crippen molar-refractivity contribution in [2.24, 2.45) is 0 Å². The van der Waals surface area contributed by atoms with Gasteiger partial charge in [-0.3, -0.25) is 0 Å². The van der Waals surface area contributed by atoms with Crippen molar-refractivity contribution in [3.63, 3.8) is 0 Å². The minimum absolute atomic E-state index is 0.727. The Morgan fingerprint density at radius 3 is 2.70 bits per heavy atom. The molecule has 0 amide bonds. The molecule has 0 aliphatic carbocycles. The van der Waals surface area contributed by atoms with Crippen molar-refractivity contribution in [1.29, 1.82) is 0 Å². The molecule has 0 saturated carbocycles. The maximum Gasteiger partial charge on any atom is 0.149 e. The lowest BCUT2D eigenvalue weighted by Gasteiger charge is -2.01. The third-order valence-corrected chi connectivity index (χ3v) is 1.32. The molecule has 1 heterocycles. The van der Waals surface area contributed by atoms with Gasteiger partial charge in [0.25, 0.3) is 0 Å². The highest BCUT2D eigenvalue weighted by Gasteiger charge is 1.97. The smallest absolute Gasteiger partial charge is 0.149 e. The average molecular weight is 136 g/mol. The van der Waals surface area contributed by atoms with E-state index in [1.54, 1.807) is 7.11 Å². The summed E-state index contributed by atoms with van der Waals surface area (Å²) in [6, 6.07) is 1.97. The third-order valence-electron chi connectivity index (χ3n) is 1.32. The molecule has 0 unspecified atom stereocenters. The van der Waals surface area contributed by atoms with Crippen molar-refractivity contribution in [2.75, 3.05) is 7.11 Å². The number of nitrogens with zero attached hydrogens (tertiary/aromatic N) is 1. The van der Waals surface area contributed by atoms with Crippen LogP contribution in [0.15, 0.2) is 6.07 Å². The van der Waals surface area contributed by atoms with Crippen LogP contribution in [0.3, 0.4) is 0 Å². The van der Waals surface area contributed by atoms with Crippen LogP contribution in [0.5, 0.6) is 5.75 Å². The van der Waals surface area contributed by atoms with Crippen molar-refractivity contribution in [2.45, 2.75) is 13.8 Å². The standard InChI is InChI=1S/C8H10NO/c1-6-4-7(2)9-5-8(6)10-3/h4H,1-3H3. The summed E-state index contributed by atoms with van der Waals surface area (Å²) in [5.74, 6) is 0.727. The number of pyridine rings is 1. The van der Waals surface area contributed by atoms with Gasteiger partial charge in [-0.25, -0.2) is 4.98 Å². The minimum Gasteiger partial charge on any atom is -0.494 e. The van der Waals surface area contributed by atoms with Crippen LogP contribution in [0.2, 0.25) is 0 Å². The molecule has 1 aromatic rings. The van der Waals surface area contributed by atoms with Gasteiger partial charge in [-0.2, -0.15) is 0 Å². The van der Waals surface area contributed by atoms with E-state index in [1.165, 1.54) is 0 Å². The molecule has 0 spiro atoms. The summed E-state index contributed by atoms with van der Waals surface area (Å²) in [6.07, 6.45) is 2.78. The van der Waals surface area contributed by atoms with E-state index >= 15 is 0 Å². The van der Waals surface area contributed by atoms with Gasteiger partial charge in [0.15, 0.2) is 0 Å². The molecule has 0 aliphatic rings. The molecule has 1 rings (SSSR count). The second kappa shape index (κ2) is 2.69. The van der Waals surface area contributed by atoms with E-state index in [0.29, 0.717) is 0 Å². The zero-order valence-electron chi connectivity index (χ0n) is 6.43. The topological polar surface area (TPSA) is 22.1 Å². The Labute approximate surface area is 60.9 Å². The van der Waals surface area contributed by atoms with Gasteiger partial charge in [0, 0.05) is 5.69 Å². The first-order valence-corrected chi connectivity index (χ1v) is 3.14. The molecule has 1 aromatic heterocycles. The molecule has 2 heteroatoms. The van der Waals surface area contributed by atoms with E-state index in [9.17, 15) is 0 Å². The number of methoxy groups -OCH3 is 1. The molecule has 0 aliphatic heterocycles. The first kappa shape index (κ1) is 7.06. The van der Waals surface area contributed by atoms with Crippen LogP contribution in [-0.2, 0) is 0 Å². The van der Waals surface area contributed by atoms with Crippen LogP contribution in [0.1, 0.15) is 11.3 Å². The highest BCUT2D eigenvalue weighted by molar-refractivity contribution is 5.29. The predicted octanol–water partition coefficient (Wildman–Crippen LogP) is 1.51. The summed E-state index contributed by atoms with van der Waals surface area (Å²) in [7, 11) is 1.62. The molecule has 0 N–H and O–H groups in total. The van der Waals surface area contributed by atoms with E-state index < -0.39 is 0 Å². The summed E-state index contributed by atoms with van der Waals surface area (Å²) in [4.78, 5) is 3.96. The first-order chi connectivity index (χ1) is 4.74.